The molecule has 5 heteroatoms. The maximum atomic E-state index is 11.8. The molecule has 2 aromatic rings. The Kier molecular flexibility index (Phi) is 5.33. The van der Waals surface area contributed by atoms with Gasteiger partial charge in [0.05, 0.1) is 11.0 Å². The smallest absolute Gasteiger partial charge is 0.221 e. The molecule has 0 radical (unpaired) electrons. The first-order valence-electron chi connectivity index (χ1n) is 7.53. The van der Waals surface area contributed by atoms with E-state index in [0.29, 0.717) is 13.0 Å². The van der Waals surface area contributed by atoms with Crippen LogP contribution in [0.5, 0.6) is 0 Å². The summed E-state index contributed by atoms with van der Waals surface area (Å²) in [4.78, 5) is 16.4. The molecule has 2 rings (SSSR count). The molecule has 1 unspecified atom stereocenters. The van der Waals surface area contributed by atoms with Gasteiger partial charge in [0, 0.05) is 25.6 Å². The topological polar surface area (TPSA) is 59.0 Å². The quantitative estimate of drug-likeness (QED) is 0.817. The van der Waals surface area contributed by atoms with E-state index in [4.69, 9.17) is 0 Å². The first-order valence-corrected chi connectivity index (χ1v) is 7.53. The van der Waals surface area contributed by atoms with Gasteiger partial charge in [0.2, 0.25) is 5.91 Å². The van der Waals surface area contributed by atoms with Gasteiger partial charge < -0.3 is 15.2 Å². The second-order valence-corrected chi connectivity index (χ2v) is 5.31. The van der Waals surface area contributed by atoms with Crippen molar-refractivity contribution in [1.82, 2.24) is 20.2 Å². The number of fused-ring (bicyclic) bond motifs is 1. The molecule has 1 heterocycles. The fourth-order valence-corrected chi connectivity index (χ4v) is 2.56. The van der Waals surface area contributed by atoms with E-state index < -0.39 is 0 Å². The number of benzene rings is 1. The highest BCUT2D eigenvalue weighted by molar-refractivity contribution is 5.77. The number of amides is 1. The number of aryl methyl sites for hydroxylation is 1. The second kappa shape index (κ2) is 7.22. The highest BCUT2D eigenvalue weighted by atomic mass is 16.1. The van der Waals surface area contributed by atoms with Gasteiger partial charge >= 0.3 is 0 Å². The number of rotatable bonds is 7. The predicted molar refractivity (Wildman–Crippen MR) is 85.2 cm³/mol. The van der Waals surface area contributed by atoms with Crippen molar-refractivity contribution in [2.45, 2.75) is 39.8 Å². The number of nitrogens with one attached hydrogen (secondary N) is 2. The number of para-hydroxylation sites is 2. The molecule has 0 saturated heterocycles. The Morgan fingerprint density at radius 1 is 1.38 bits per heavy atom. The van der Waals surface area contributed by atoms with Crippen LogP contribution in [0.25, 0.3) is 11.0 Å². The number of aromatic nitrogens is 2. The zero-order valence-electron chi connectivity index (χ0n) is 13.0. The molecular weight excluding hydrogens is 264 g/mol. The SMILES string of the molecule is CCNC(C)CC(=O)NCCn1c(C)nc2ccccc21. The average Bonchev–Trinajstić information content (AvgIpc) is 2.75. The van der Waals surface area contributed by atoms with Crippen LogP contribution in [0.3, 0.4) is 0 Å². The highest BCUT2D eigenvalue weighted by Gasteiger charge is 2.09. The number of carbonyl (C=O) groups is 1. The monoisotopic (exact) mass is 288 g/mol. The summed E-state index contributed by atoms with van der Waals surface area (Å²) in [6, 6.07) is 8.28. The number of hydrogen-bond donors (Lipinski definition) is 2. The zero-order chi connectivity index (χ0) is 15.2. The summed E-state index contributed by atoms with van der Waals surface area (Å²) in [6.07, 6.45) is 0.511. The molecule has 5 nitrogen and oxygen atoms in total. The van der Waals surface area contributed by atoms with Gasteiger partial charge in [0.1, 0.15) is 5.82 Å². The second-order valence-electron chi connectivity index (χ2n) is 5.31. The van der Waals surface area contributed by atoms with Gasteiger partial charge in [0.25, 0.3) is 0 Å². The van der Waals surface area contributed by atoms with Crippen LogP contribution in [0.4, 0.5) is 0 Å². The lowest BCUT2D eigenvalue weighted by molar-refractivity contribution is -0.121. The molecule has 1 amide bonds. The maximum Gasteiger partial charge on any atom is 0.221 e. The van der Waals surface area contributed by atoms with Crippen LogP contribution in [0.1, 0.15) is 26.1 Å². The predicted octanol–water partition coefficient (Wildman–Crippen LogP) is 1.85. The van der Waals surface area contributed by atoms with Crippen LogP contribution < -0.4 is 10.6 Å². The van der Waals surface area contributed by atoms with Gasteiger partial charge in [-0.1, -0.05) is 19.1 Å². The first-order chi connectivity index (χ1) is 10.1. The van der Waals surface area contributed by atoms with Crippen molar-refractivity contribution in [1.29, 1.82) is 0 Å². The Morgan fingerprint density at radius 3 is 2.90 bits per heavy atom. The number of carbonyl (C=O) groups excluding carboxylic acids is 1. The molecule has 114 valence electrons. The van der Waals surface area contributed by atoms with E-state index in [1.165, 1.54) is 0 Å². The summed E-state index contributed by atoms with van der Waals surface area (Å²) in [5.74, 6) is 1.07. The molecule has 21 heavy (non-hydrogen) atoms. The van der Waals surface area contributed by atoms with Gasteiger partial charge in [-0.2, -0.15) is 0 Å². The molecule has 0 spiro atoms. The van der Waals surface area contributed by atoms with Crippen LogP contribution in [0, 0.1) is 6.92 Å². The summed E-state index contributed by atoms with van der Waals surface area (Å²) in [6.45, 7) is 8.31. The lowest BCUT2D eigenvalue weighted by Crippen LogP contribution is -2.35. The van der Waals surface area contributed by atoms with Crippen molar-refractivity contribution < 1.29 is 4.79 Å². The van der Waals surface area contributed by atoms with Crippen LogP contribution >= 0.6 is 0 Å². The molecule has 2 N–H and O–H groups in total. The Bertz CT molecular complexity index is 605. The largest absolute Gasteiger partial charge is 0.354 e. The molecule has 1 aromatic carbocycles. The van der Waals surface area contributed by atoms with Crippen LogP contribution in [-0.2, 0) is 11.3 Å². The Labute approximate surface area is 125 Å². The number of hydrogen-bond acceptors (Lipinski definition) is 3. The third-order valence-corrected chi connectivity index (χ3v) is 3.55. The van der Waals surface area contributed by atoms with Gasteiger partial charge in [-0.05, 0) is 32.5 Å². The van der Waals surface area contributed by atoms with E-state index in [0.717, 1.165) is 29.9 Å². The summed E-state index contributed by atoms with van der Waals surface area (Å²) in [5, 5.41) is 6.21. The highest BCUT2D eigenvalue weighted by Crippen LogP contribution is 2.14. The molecule has 0 aliphatic heterocycles. The van der Waals surface area contributed by atoms with E-state index >= 15 is 0 Å². The zero-order valence-corrected chi connectivity index (χ0v) is 13.0. The molecule has 0 aliphatic carbocycles. The maximum absolute atomic E-state index is 11.8. The van der Waals surface area contributed by atoms with E-state index in [1.807, 2.05) is 39.0 Å². The first kappa shape index (κ1) is 15.5. The van der Waals surface area contributed by atoms with Gasteiger partial charge in [-0.15, -0.1) is 0 Å². The van der Waals surface area contributed by atoms with Crippen molar-refractivity contribution in [3.8, 4) is 0 Å². The normalized spacial score (nSPS) is 12.5. The lowest BCUT2D eigenvalue weighted by atomic mass is 10.2. The van der Waals surface area contributed by atoms with Crippen molar-refractivity contribution in [3.63, 3.8) is 0 Å². The van der Waals surface area contributed by atoms with Crippen LogP contribution in [0.15, 0.2) is 24.3 Å². The summed E-state index contributed by atoms with van der Waals surface area (Å²) in [7, 11) is 0. The van der Waals surface area contributed by atoms with Crippen LogP contribution in [-0.4, -0.2) is 34.6 Å². The molecular formula is C16H24N4O. The van der Waals surface area contributed by atoms with Gasteiger partial charge in [-0.3, -0.25) is 4.79 Å². The molecule has 1 aromatic heterocycles. The van der Waals surface area contributed by atoms with Crippen molar-refractivity contribution >= 4 is 16.9 Å². The third kappa shape index (κ3) is 4.04. The average molecular weight is 288 g/mol. The molecule has 0 bridgehead atoms. The fourth-order valence-electron chi connectivity index (χ4n) is 2.56. The van der Waals surface area contributed by atoms with E-state index in [-0.39, 0.29) is 11.9 Å². The van der Waals surface area contributed by atoms with E-state index in [9.17, 15) is 4.79 Å². The Balaban J connectivity index is 1.88. The van der Waals surface area contributed by atoms with Gasteiger partial charge in [0.15, 0.2) is 0 Å². The van der Waals surface area contributed by atoms with Crippen molar-refractivity contribution in [3.05, 3.63) is 30.1 Å². The molecule has 1 atom stereocenters. The number of nitrogens with zero attached hydrogens (tertiary/aromatic N) is 2. The van der Waals surface area contributed by atoms with Gasteiger partial charge in [-0.25, -0.2) is 4.98 Å². The molecule has 0 aliphatic rings. The molecule has 0 fully saturated rings. The minimum Gasteiger partial charge on any atom is -0.354 e. The summed E-state index contributed by atoms with van der Waals surface area (Å²) >= 11 is 0. The summed E-state index contributed by atoms with van der Waals surface area (Å²) in [5.41, 5.74) is 2.12. The fraction of sp³-hybridized carbons (Fsp3) is 0.500. The summed E-state index contributed by atoms with van der Waals surface area (Å²) < 4.78 is 2.14. The van der Waals surface area contributed by atoms with Crippen molar-refractivity contribution in [2.75, 3.05) is 13.1 Å². The lowest BCUT2D eigenvalue weighted by Gasteiger charge is -2.13. The van der Waals surface area contributed by atoms with E-state index in [1.54, 1.807) is 0 Å². The van der Waals surface area contributed by atoms with Crippen molar-refractivity contribution in [2.24, 2.45) is 0 Å². The standard InChI is InChI=1S/C16H24N4O/c1-4-17-12(2)11-16(21)18-9-10-20-13(3)19-14-7-5-6-8-15(14)20/h5-8,12,17H,4,9-11H2,1-3H3,(H,18,21). The van der Waals surface area contributed by atoms with E-state index in [2.05, 4.69) is 26.3 Å². The number of imidazole rings is 1. The molecule has 0 saturated carbocycles. The third-order valence-electron chi connectivity index (χ3n) is 3.55. The minimum atomic E-state index is 0.0884. The Hall–Kier alpha value is -1.88. The Morgan fingerprint density at radius 2 is 2.14 bits per heavy atom. The van der Waals surface area contributed by atoms with Crippen LogP contribution in [0.2, 0.25) is 0 Å². The minimum absolute atomic E-state index is 0.0884.